The molecule has 4 rings (SSSR count). The lowest BCUT2D eigenvalue weighted by atomic mass is 10.1. The maximum atomic E-state index is 13.1. The predicted molar refractivity (Wildman–Crippen MR) is 129 cm³/mol. The molecule has 0 aliphatic rings. The smallest absolute Gasteiger partial charge is 0.265 e. The Morgan fingerprint density at radius 1 is 0.939 bits per heavy atom. The van der Waals surface area contributed by atoms with Crippen molar-refractivity contribution in [1.29, 1.82) is 0 Å². The number of amides is 2. The van der Waals surface area contributed by atoms with E-state index >= 15 is 0 Å². The zero-order chi connectivity index (χ0) is 23.0. The Bertz CT molecular complexity index is 1250. The molecule has 1 atom stereocenters. The first-order valence-corrected chi connectivity index (χ1v) is 10.9. The van der Waals surface area contributed by atoms with Crippen LogP contribution in [0.2, 0.25) is 0 Å². The van der Waals surface area contributed by atoms with Crippen molar-refractivity contribution in [2.24, 2.45) is 0 Å². The third-order valence-electron chi connectivity index (χ3n) is 5.29. The quantitative estimate of drug-likeness (QED) is 0.407. The summed E-state index contributed by atoms with van der Waals surface area (Å²) in [6.45, 7) is 2.23. The van der Waals surface area contributed by atoms with Crippen LogP contribution in [0.1, 0.15) is 29.3 Å². The first kappa shape index (κ1) is 22.0. The monoisotopic (exact) mass is 439 g/mol. The molecule has 0 saturated carbocycles. The van der Waals surface area contributed by atoms with Gasteiger partial charge in [-0.25, -0.2) is 0 Å². The van der Waals surface area contributed by atoms with Gasteiger partial charge in [0, 0.05) is 24.3 Å². The van der Waals surface area contributed by atoms with Crippen LogP contribution >= 0.6 is 0 Å². The third-order valence-corrected chi connectivity index (χ3v) is 5.29. The second-order valence-corrected chi connectivity index (χ2v) is 7.57. The molecule has 0 unspecified atom stereocenters. The molecule has 0 fully saturated rings. The number of carbonyl (C=O) groups is 2. The molecule has 0 spiro atoms. The summed E-state index contributed by atoms with van der Waals surface area (Å²) in [5.41, 5.74) is 1.71. The van der Waals surface area contributed by atoms with Crippen molar-refractivity contribution in [3.63, 3.8) is 0 Å². The first-order chi connectivity index (χ1) is 16.2. The number of ether oxygens (including phenoxy) is 1. The van der Waals surface area contributed by atoms with Crippen LogP contribution in [0.5, 0.6) is 5.75 Å². The number of carbonyl (C=O) groups excluding carboxylic acids is 2. The van der Waals surface area contributed by atoms with E-state index in [9.17, 15) is 9.59 Å². The van der Waals surface area contributed by atoms with Crippen LogP contribution in [0.4, 0.5) is 5.69 Å². The van der Waals surface area contributed by atoms with Gasteiger partial charge in [-0.2, -0.15) is 0 Å². The molecule has 166 valence electrons. The first-order valence-electron chi connectivity index (χ1n) is 10.9. The molecule has 6 heteroatoms. The molecule has 6 nitrogen and oxygen atoms in total. The highest BCUT2D eigenvalue weighted by atomic mass is 16.5. The number of nitrogens with zero attached hydrogens (tertiary/aromatic N) is 1. The van der Waals surface area contributed by atoms with Crippen LogP contribution in [0.15, 0.2) is 91.3 Å². The zero-order valence-corrected chi connectivity index (χ0v) is 18.3. The van der Waals surface area contributed by atoms with E-state index in [1.54, 1.807) is 36.7 Å². The van der Waals surface area contributed by atoms with Crippen LogP contribution in [0.3, 0.4) is 0 Å². The van der Waals surface area contributed by atoms with Crippen LogP contribution in [0.25, 0.3) is 10.8 Å². The van der Waals surface area contributed by atoms with Gasteiger partial charge in [-0.15, -0.1) is 0 Å². The summed E-state index contributed by atoms with van der Waals surface area (Å²) in [5.74, 6) is 0.0633. The molecule has 2 amide bonds. The minimum atomic E-state index is -0.706. The van der Waals surface area contributed by atoms with Crippen molar-refractivity contribution < 1.29 is 14.3 Å². The van der Waals surface area contributed by atoms with Crippen LogP contribution < -0.4 is 15.4 Å². The number of rotatable bonds is 8. The highest BCUT2D eigenvalue weighted by Crippen LogP contribution is 2.27. The molecule has 33 heavy (non-hydrogen) atoms. The Morgan fingerprint density at radius 2 is 1.73 bits per heavy atom. The van der Waals surface area contributed by atoms with Crippen LogP contribution in [0, 0.1) is 0 Å². The van der Waals surface area contributed by atoms with Gasteiger partial charge in [0.05, 0.1) is 11.3 Å². The number of hydrogen-bond acceptors (Lipinski definition) is 4. The summed E-state index contributed by atoms with van der Waals surface area (Å²) in [5, 5.41) is 7.73. The molecule has 0 aliphatic heterocycles. The number of anilines is 1. The van der Waals surface area contributed by atoms with Gasteiger partial charge < -0.3 is 15.4 Å². The zero-order valence-electron chi connectivity index (χ0n) is 18.3. The van der Waals surface area contributed by atoms with Gasteiger partial charge in [0.1, 0.15) is 5.75 Å². The van der Waals surface area contributed by atoms with Crippen LogP contribution in [-0.4, -0.2) is 22.9 Å². The van der Waals surface area contributed by atoms with E-state index in [4.69, 9.17) is 4.74 Å². The molecule has 0 radical (unpaired) electrons. The van der Waals surface area contributed by atoms with E-state index in [0.29, 0.717) is 30.0 Å². The summed E-state index contributed by atoms with van der Waals surface area (Å²) >= 11 is 0. The minimum absolute atomic E-state index is 0.280. The van der Waals surface area contributed by atoms with Crippen LogP contribution in [-0.2, 0) is 11.3 Å². The van der Waals surface area contributed by atoms with Gasteiger partial charge in [-0.3, -0.25) is 14.6 Å². The van der Waals surface area contributed by atoms with E-state index < -0.39 is 6.10 Å². The average molecular weight is 440 g/mol. The van der Waals surface area contributed by atoms with Crippen molar-refractivity contribution >= 4 is 28.3 Å². The van der Waals surface area contributed by atoms with Gasteiger partial charge in [0.25, 0.3) is 11.8 Å². The fraction of sp³-hybridized carbons (Fsp3) is 0.148. The van der Waals surface area contributed by atoms with Gasteiger partial charge in [-0.1, -0.05) is 61.5 Å². The van der Waals surface area contributed by atoms with E-state index in [-0.39, 0.29) is 11.8 Å². The maximum absolute atomic E-state index is 13.1. The van der Waals surface area contributed by atoms with E-state index in [2.05, 4.69) is 15.6 Å². The molecule has 1 aromatic heterocycles. The molecule has 0 bridgehead atoms. The number of para-hydroxylation sites is 1. The molecule has 4 aromatic rings. The fourth-order valence-electron chi connectivity index (χ4n) is 3.56. The lowest BCUT2D eigenvalue weighted by molar-refractivity contribution is -0.122. The third kappa shape index (κ3) is 5.36. The molecule has 3 aromatic carbocycles. The normalized spacial score (nSPS) is 11.5. The number of hydrogen-bond donors (Lipinski definition) is 2. The van der Waals surface area contributed by atoms with Gasteiger partial charge in [-0.05, 0) is 41.6 Å². The second-order valence-electron chi connectivity index (χ2n) is 7.57. The highest BCUT2D eigenvalue weighted by Gasteiger charge is 2.21. The maximum Gasteiger partial charge on any atom is 0.265 e. The Balaban J connectivity index is 1.47. The second kappa shape index (κ2) is 10.4. The van der Waals surface area contributed by atoms with E-state index in [1.165, 1.54) is 0 Å². The summed E-state index contributed by atoms with van der Waals surface area (Å²) in [6.07, 6.45) is 3.15. The predicted octanol–water partition coefficient (Wildman–Crippen LogP) is 4.96. The molecular weight excluding hydrogens is 414 g/mol. The SMILES string of the molecule is CC[C@@H](Oc1cccc2ccccc12)C(=O)Nc1ccccc1C(=O)NCc1cccnc1. The number of aromatic nitrogens is 1. The number of nitrogens with one attached hydrogen (secondary N) is 2. The number of benzene rings is 3. The van der Waals surface area contributed by atoms with Crippen molar-refractivity contribution in [2.75, 3.05) is 5.32 Å². The Morgan fingerprint density at radius 3 is 2.55 bits per heavy atom. The fourth-order valence-corrected chi connectivity index (χ4v) is 3.56. The average Bonchev–Trinajstić information content (AvgIpc) is 2.86. The minimum Gasteiger partial charge on any atom is -0.480 e. The Kier molecular flexibility index (Phi) is 6.95. The Hall–Kier alpha value is -4.19. The van der Waals surface area contributed by atoms with E-state index in [1.807, 2.05) is 61.5 Å². The lowest BCUT2D eigenvalue weighted by Crippen LogP contribution is -2.33. The molecule has 0 aliphatic carbocycles. The van der Waals surface area contributed by atoms with Gasteiger partial charge in [0.2, 0.25) is 0 Å². The topological polar surface area (TPSA) is 80.3 Å². The molecule has 1 heterocycles. The molecule has 2 N–H and O–H groups in total. The van der Waals surface area contributed by atoms with Crippen molar-refractivity contribution in [2.45, 2.75) is 26.0 Å². The van der Waals surface area contributed by atoms with Crippen molar-refractivity contribution in [3.05, 3.63) is 102 Å². The van der Waals surface area contributed by atoms with E-state index in [0.717, 1.165) is 16.3 Å². The lowest BCUT2D eigenvalue weighted by Gasteiger charge is -2.19. The summed E-state index contributed by atoms with van der Waals surface area (Å²) in [4.78, 5) is 29.9. The van der Waals surface area contributed by atoms with Crippen molar-refractivity contribution in [1.82, 2.24) is 10.3 Å². The molecular formula is C27H25N3O3. The largest absolute Gasteiger partial charge is 0.480 e. The summed E-state index contributed by atoms with van der Waals surface area (Å²) < 4.78 is 6.10. The molecule has 0 saturated heterocycles. The number of fused-ring (bicyclic) bond motifs is 1. The number of pyridine rings is 1. The van der Waals surface area contributed by atoms with Crippen molar-refractivity contribution in [3.8, 4) is 5.75 Å². The summed E-state index contributed by atoms with van der Waals surface area (Å²) in [6, 6.07) is 24.3. The van der Waals surface area contributed by atoms with Gasteiger partial charge in [0.15, 0.2) is 6.10 Å². The van der Waals surface area contributed by atoms with Gasteiger partial charge >= 0.3 is 0 Å². The summed E-state index contributed by atoms with van der Waals surface area (Å²) in [7, 11) is 0. The highest BCUT2D eigenvalue weighted by molar-refractivity contribution is 6.04. The standard InChI is InChI=1S/C27H25N3O3/c1-2-24(33-25-15-7-11-20-10-3-4-12-21(20)25)27(32)30-23-14-6-5-13-22(23)26(31)29-18-19-9-8-16-28-17-19/h3-17,24H,2,18H2,1H3,(H,29,31)(H,30,32)/t24-/m1/s1. The Labute approximate surface area is 192 Å².